The molecule has 0 spiro atoms. The van der Waals surface area contributed by atoms with Crippen LogP contribution in [0.2, 0.25) is 0 Å². The molecule has 16 heavy (non-hydrogen) atoms. The standard InChI is InChI=1S/C11H16IN3S/c1-3-13-11-9(12)7(2)14-10(15-11)8-5-4-6-16-8/h8H,3-6H2,1-2H3,(H,13,14,15). The predicted molar refractivity (Wildman–Crippen MR) is 78.1 cm³/mol. The molecular formula is C11H16IN3S. The monoisotopic (exact) mass is 349 g/mol. The summed E-state index contributed by atoms with van der Waals surface area (Å²) < 4.78 is 1.14. The molecule has 1 fully saturated rings. The van der Waals surface area contributed by atoms with Gasteiger partial charge in [-0.15, -0.1) is 0 Å². The van der Waals surface area contributed by atoms with Crippen molar-refractivity contribution in [2.45, 2.75) is 31.9 Å². The van der Waals surface area contributed by atoms with E-state index in [9.17, 15) is 0 Å². The molecule has 3 nitrogen and oxygen atoms in total. The van der Waals surface area contributed by atoms with Crippen LogP contribution in [-0.2, 0) is 0 Å². The van der Waals surface area contributed by atoms with E-state index in [1.807, 2.05) is 11.8 Å². The Bertz CT molecular complexity index is 378. The second-order valence-electron chi connectivity index (χ2n) is 3.86. The third-order valence-electron chi connectivity index (χ3n) is 2.60. The van der Waals surface area contributed by atoms with Crippen molar-refractivity contribution in [2.75, 3.05) is 17.6 Å². The first kappa shape index (κ1) is 12.4. The highest BCUT2D eigenvalue weighted by molar-refractivity contribution is 14.1. The highest BCUT2D eigenvalue weighted by Gasteiger charge is 2.22. The molecule has 1 unspecified atom stereocenters. The fourth-order valence-electron chi connectivity index (χ4n) is 1.79. The molecule has 1 aliphatic heterocycles. The maximum atomic E-state index is 4.65. The summed E-state index contributed by atoms with van der Waals surface area (Å²) in [6.45, 7) is 5.06. The van der Waals surface area contributed by atoms with Gasteiger partial charge in [-0.25, -0.2) is 9.97 Å². The fraction of sp³-hybridized carbons (Fsp3) is 0.636. The van der Waals surface area contributed by atoms with Crippen LogP contribution in [0, 0.1) is 10.5 Å². The smallest absolute Gasteiger partial charge is 0.144 e. The minimum atomic E-state index is 0.508. The van der Waals surface area contributed by atoms with E-state index in [2.05, 4.69) is 51.7 Å². The van der Waals surface area contributed by atoms with Crippen molar-refractivity contribution >= 4 is 40.2 Å². The number of aryl methyl sites for hydroxylation is 1. The molecule has 0 amide bonds. The van der Waals surface area contributed by atoms with E-state index in [1.165, 1.54) is 18.6 Å². The lowest BCUT2D eigenvalue weighted by Gasteiger charge is -2.13. The molecule has 2 rings (SSSR count). The van der Waals surface area contributed by atoms with Gasteiger partial charge in [-0.2, -0.15) is 11.8 Å². The quantitative estimate of drug-likeness (QED) is 0.849. The zero-order valence-corrected chi connectivity index (χ0v) is 12.6. The van der Waals surface area contributed by atoms with Gasteiger partial charge in [-0.05, 0) is 55.0 Å². The third kappa shape index (κ3) is 2.61. The van der Waals surface area contributed by atoms with Gasteiger partial charge in [0, 0.05) is 6.54 Å². The summed E-state index contributed by atoms with van der Waals surface area (Å²) in [6.07, 6.45) is 2.51. The molecule has 2 heterocycles. The lowest BCUT2D eigenvalue weighted by molar-refractivity contribution is 0.770. The van der Waals surface area contributed by atoms with Crippen molar-refractivity contribution in [1.29, 1.82) is 0 Å². The van der Waals surface area contributed by atoms with Crippen molar-refractivity contribution in [2.24, 2.45) is 0 Å². The Morgan fingerprint density at radius 2 is 2.31 bits per heavy atom. The maximum Gasteiger partial charge on any atom is 0.144 e. The molecular weight excluding hydrogens is 333 g/mol. The van der Waals surface area contributed by atoms with Gasteiger partial charge in [-0.3, -0.25) is 0 Å². The zero-order valence-electron chi connectivity index (χ0n) is 9.59. The number of hydrogen-bond acceptors (Lipinski definition) is 4. The van der Waals surface area contributed by atoms with Gasteiger partial charge in [0.15, 0.2) is 0 Å². The van der Waals surface area contributed by atoms with E-state index in [-0.39, 0.29) is 0 Å². The highest BCUT2D eigenvalue weighted by atomic mass is 127. The van der Waals surface area contributed by atoms with Crippen molar-refractivity contribution in [3.63, 3.8) is 0 Å². The fourth-order valence-corrected chi connectivity index (χ4v) is 3.43. The van der Waals surface area contributed by atoms with Crippen molar-refractivity contribution in [3.8, 4) is 0 Å². The van der Waals surface area contributed by atoms with Crippen LogP contribution < -0.4 is 5.32 Å². The van der Waals surface area contributed by atoms with Crippen LogP contribution in [0.25, 0.3) is 0 Å². The second-order valence-corrected chi connectivity index (χ2v) is 6.25. The molecule has 1 atom stereocenters. The van der Waals surface area contributed by atoms with E-state index in [4.69, 9.17) is 0 Å². The third-order valence-corrected chi connectivity index (χ3v) is 5.26. The number of aromatic nitrogens is 2. The Balaban J connectivity index is 2.31. The minimum absolute atomic E-state index is 0.508. The molecule has 0 aliphatic carbocycles. The van der Waals surface area contributed by atoms with Crippen LogP contribution in [0.15, 0.2) is 0 Å². The molecule has 5 heteroatoms. The largest absolute Gasteiger partial charge is 0.369 e. The van der Waals surface area contributed by atoms with Crippen LogP contribution in [0.5, 0.6) is 0 Å². The number of halogens is 1. The SMILES string of the molecule is CCNc1nc(C2CCCS2)nc(C)c1I. The topological polar surface area (TPSA) is 37.8 Å². The number of rotatable bonds is 3. The molecule has 1 aliphatic rings. The van der Waals surface area contributed by atoms with E-state index in [1.54, 1.807) is 0 Å². The first-order chi connectivity index (χ1) is 7.72. The summed E-state index contributed by atoms with van der Waals surface area (Å²) in [6, 6.07) is 0. The average Bonchev–Trinajstić information content (AvgIpc) is 2.78. The van der Waals surface area contributed by atoms with Crippen molar-refractivity contribution < 1.29 is 0 Å². The van der Waals surface area contributed by atoms with Crippen LogP contribution in [0.4, 0.5) is 5.82 Å². The van der Waals surface area contributed by atoms with E-state index >= 15 is 0 Å². The molecule has 88 valence electrons. The zero-order chi connectivity index (χ0) is 11.5. The Hall–Kier alpha value is -0.0400. The van der Waals surface area contributed by atoms with E-state index < -0.39 is 0 Å². The highest BCUT2D eigenvalue weighted by Crippen LogP contribution is 2.39. The molecule has 0 radical (unpaired) electrons. The van der Waals surface area contributed by atoms with Crippen molar-refractivity contribution in [3.05, 3.63) is 15.1 Å². The molecule has 0 saturated carbocycles. The minimum Gasteiger partial charge on any atom is -0.369 e. The lowest BCUT2D eigenvalue weighted by Crippen LogP contribution is -2.09. The Morgan fingerprint density at radius 3 is 2.94 bits per heavy atom. The van der Waals surface area contributed by atoms with Crippen LogP contribution in [0.1, 0.15) is 36.5 Å². The molecule has 0 bridgehead atoms. The van der Waals surface area contributed by atoms with Gasteiger partial charge in [0.1, 0.15) is 11.6 Å². The number of nitrogens with one attached hydrogen (secondary N) is 1. The molecule has 1 saturated heterocycles. The Morgan fingerprint density at radius 1 is 1.50 bits per heavy atom. The molecule has 1 aromatic heterocycles. The Labute approximate surface area is 114 Å². The number of anilines is 1. The number of hydrogen-bond donors (Lipinski definition) is 1. The van der Waals surface area contributed by atoms with Gasteiger partial charge in [-0.1, -0.05) is 0 Å². The summed E-state index contributed by atoms with van der Waals surface area (Å²) in [5, 5.41) is 3.82. The lowest BCUT2D eigenvalue weighted by atomic mass is 10.2. The summed E-state index contributed by atoms with van der Waals surface area (Å²) >= 11 is 4.30. The average molecular weight is 349 g/mol. The first-order valence-corrected chi connectivity index (χ1v) is 7.74. The number of thioether (sulfide) groups is 1. The van der Waals surface area contributed by atoms with E-state index in [0.717, 1.165) is 27.5 Å². The molecule has 0 aromatic carbocycles. The predicted octanol–water partition coefficient (Wildman–Crippen LogP) is 3.39. The van der Waals surface area contributed by atoms with Gasteiger partial charge in [0.2, 0.25) is 0 Å². The second kappa shape index (κ2) is 5.53. The van der Waals surface area contributed by atoms with Crippen LogP contribution in [0.3, 0.4) is 0 Å². The number of nitrogens with zero attached hydrogens (tertiary/aromatic N) is 2. The van der Waals surface area contributed by atoms with Crippen molar-refractivity contribution in [1.82, 2.24) is 9.97 Å². The Kier molecular flexibility index (Phi) is 4.29. The summed E-state index contributed by atoms with van der Waals surface area (Å²) in [7, 11) is 0. The van der Waals surface area contributed by atoms with Crippen LogP contribution >= 0.6 is 34.4 Å². The van der Waals surface area contributed by atoms with Gasteiger partial charge >= 0.3 is 0 Å². The summed E-state index contributed by atoms with van der Waals surface area (Å²) in [5.41, 5.74) is 1.09. The summed E-state index contributed by atoms with van der Waals surface area (Å²) in [4.78, 5) is 9.27. The van der Waals surface area contributed by atoms with Crippen LogP contribution in [-0.4, -0.2) is 22.3 Å². The van der Waals surface area contributed by atoms with E-state index in [0.29, 0.717) is 5.25 Å². The summed E-state index contributed by atoms with van der Waals surface area (Å²) in [5.74, 6) is 3.25. The maximum absolute atomic E-state index is 4.65. The van der Waals surface area contributed by atoms with Gasteiger partial charge in [0.05, 0.1) is 14.5 Å². The molecule has 1 N–H and O–H groups in total. The van der Waals surface area contributed by atoms with Gasteiger partial charge < -0.3 is 5.32 Å². The van der Waals surface area contributed by atoms with Gasteiger partial charge in [0.25, 0.3) is 0 Å². The normalized spacial score (nSPS) is 20.1. The molecule has 1 aromatic rings. The first-order valence-electron chi connectivity index (χ1n) is 5.62.